The predicted octanol–water partition coefficient (Wildman–Crippen LogP) is 0.0222. The first-order valence-electron chi connectivity index (χ1n) is 4.83. The average Bonchev–Trinajstić information content (AvgIpc) is 2.44. The summed E-state index contributed by atoms with van der Waals surface area (Å²) in [7, 11) is 0. The van der Waals surface area contributed by atoms with Gasteiger partial charge in [0.15, 0.2) is 0 Å². The molecule has 0 spiro atoms. The molecule has 1 fully saturated rings. The first-order chi connectivity index (χ1) is 7.11. The van der Waals surface area contributed by atoms with Crippen molar-refractivity contribution in [3.8, 4) is 0 Å². The van der Waals surface area contributed by atoms with Gasteiger partial charge in [0.2, 0.25) is 11.8 Å². The van der Waals surface area contributed by atoms with Crippen LogP contribution in [0, 0.1) is 11.8 Å². The summed E-state index contributed by atoms with van der Waals surface area (Å²) in [5, 5.41) is 8.58. The van der Waals surface area contributed by atoms with Gasteiger partial charge in [-0.2, -0.15) is 0 Å². The topological polar surface area (TPSA) is 74.7 Å². The minimum absolute atomic E-state index is 0.332. The number of nitrogens with zero attached hydrogens (tertiary/aromatic N) is 1. The van der Waals surface area contributed by atoms with E-state index in [9.17, 15) is 14.4 Å². The lowest BCUT2D eigenvalue weighted by atomic mass is 9.85. The van der Waals surface area contributed by atoms with Crippen molar-refractivity contribution in [2.45, 2.75) is 12.8 Å². The molecule has 5 heteroatoms. The fourth-order valence-electron chi connectivity index (χ4n) is 2.16. The molecule has 0 saturated carbocycles. The Kier molecular flexibility index (Phi) is 2.30. The van der Waals surface area contributed by atoms with Gasteiger partial charge in [-0.1, -0.05) is 12.2 Å². The van der Waals surface area contributed by atoms with E-state index in [0.29, 0.717) is 12.8 Å². The van der Waals surface area contributed by atoms with Crippen LogP contribution in [-0.2, 0) is 14.4 Å². The molecule has 1 aliphatic carbocycles. The third-order valence-electron chi connectivity index (χ3n) is 2.89. The Hall–Kier alpha value is -1.65. The van der Waals surface area contributed by atoms with Crippen molar-refractivity contribution in [1.82, 2.24) is 4.90 Å². The van der Waals surface area contributed by atoms with Gasteiger partial charge < -0.3 is 5.11 Å². The van der Waals surface area contributed by atoms with Crippen molar-refractivity contribution in [3.05, 3.63) is 12.2 Å². The highest BCUT2D eigenvalue weighted by Crippen LogP contribution is 2.34. The maximum Gasteiger partial charge on any atom is 0.323 e. The Morgan fingerprint density at radius 2 is 1.73 bits per heavy atom. The Bertz CT molecular complexity index is 334. The fraction of sp³-hybridized carbons (Fsp3) is 0.500. The number of imide groups is 1. The minimum atomic E-state index is -1.15. The number of carbonyl (C=O) groups excluding carboxylic acids is 2. The van der Waals surface area contributed by atoms with Gasteiger partial charge in [0.25, 0.3) is 0 Å². The Morgan fingerprint density at radius 1 is 1.27 bits per heavy atom. The summed E-state index contributed by atoms with van der Waals surface area (Å²) in [5.74, 6) is -2.49. The number of fused-ring (bicyclic) bond motifs is 1. The van der Waals surface area contributed by atoms with E-state index in [1.807, 2.05) is 12.2 Å². The summed E-state index contributed by atoms with van der Waals surface area (Å²) in [5.41, 5.74) is 0. The molecular formula is C10H11NO4. The minimum Gasteiger partial charge on any atom is -0.480 e. The molecule has 0 aromatic rings. The smallest absolute Gasteiger partial charge is 0.323 e. The number of aliphatic carboxylic acids is 1. The molecule has 80 valence electrons. The van der Waals surface area contributed by atoms with Crippen molar-refractivity contribution in [2.75, 3.05) is 6.54 Å². The normalized spacial score (nSPS) is 29.5. The number of amides is 2. The van der Waals surface area contributed by atoms with Crippen molar-refractivity contribution >= 4 is 17.8 Å². The summed E-state index contributed by atoms with van der Waals surface area (Å²) in [6.07, 6.45) is 4.84. The molecule has 1 heterocycles. The molecule has 2 atom stereocenters. The van der Waals surface area contributed by atoms with E-state index in [0.717, 1.165) is 4.90 Å². The van der Waals surface area contributed by atoms with Crippen molar-refractivity contribution in [2.24, 2.45) is 11.8 Å². The molecule has 15 heavy (non-hydrogen) atoms. The van der Waals surface area contributed by atoms with Crippen LogP contribution in [0.4, 0.5) is 0 Å². The highest BCUT2D eigenvalue weighted by Gasteiger charge is 2.47. The van der Waals surface area contributed by atoms with E-state index >= 15 is 0 Å². The van der Waals surface area contributed by atoms with Gasteiger partial charge in [0, 0.05) is 0 Å². The second-order valence-corrected chi connectivity index (χ2v) is 3.81. The molecule has 0 bridgehead atoms. The lowest BCUT2D eigenvalue weighted by Gasteiger charge is -2.14. The quantitative estimate of drug-likeness (QED) is 0.514. The second kappa shape index (κ2) is 3.49. The van der Waals surface area contributed by atoms with Crippen LogP contribution in [0.3, 0.4) is 0 Å². The van der Waals surface area contributed by atoms with Gasteiger partial charge in [-0.05, 0) is 12.8 Å². The first kappa shape index (κ1) is 9.89. The average molecular weight is 209 g/mol. The number of allylic oxidation sites excluding steroid dienone is 2. The highest BCUT2D eigenvalue weighted by atomic mass is 16.4. The standard InChI is InChI=1S/C10H11NO4/c12-8(13)5-11-9(14)6-3-1-2-4-7(6)10(11)15/h1-2,6-7H,3-5H2,(H,12,13). The zero-order chi connectivity index (χ0) is 11.0. The fourth-order valence-corrected chi connectivity index (χ4v) is 2.16. The number of hydrogen-bond acceptors (Lipinski definition) is 3. The Labute approximate surface area is 86.4 Å². The van der Waals surface area contributed by atoms with E-state index in [1.165, 1.54) is 0 Å². The van der Waals surface area contributed by atoms with Gasteiger partial charge in [-0.3, -0.25) is 19.3 Å². The third-order valence-corrected chi connectivity index (χ3v) is 2.89. The number of carboxylic acids is 1. The molecule has 1 N–H and O–H groups in total. The molecule has 2 amide bonds. The number of likely N-dealkylation sites (tertiary alicyclic amines) is 1. The molecule has 2 aliphatic rings. The summed E-state index contributed by atoms with van der Waals surface area (Å²) in [6, 6.07) is 0. The maximum absolute atomic E-state index is 11.7. The van der Waals surface area contributed by atoms with Gasteiger partial charge >= 0.3 is 5.97 Å². The van der Waals surface area contributed by atoms with Crippen molar-refractivity contribution < 1.29 is 19.5 Å². The Morgan fingerprint density at radius 3 is 2.13 bits per heavy atom. The van der Waals surface area contributed by atoms with Crippen LogP contribution in [0.5, 0.6) is 0 Å². The van der Waals surface area contributed by atoms with E-state index < -0.39 is 12.5 Å². The molecule has 5 nitrogen and oxygen atoms in total. The largest absolute Gasteiger partial charge is 0.480 e. The molecule has 1 aliphatic heterocycles. The van der Waals surface area contributed by atoms with Gasteiger partial charge in [-0.15, -0.1) is 0 Å². The monoisotopic (exact) mass is 209 g/mol. The van der Waals surface area contributed by atoms with Gasteiger partial charge in [0.05, 0.1) is 11.8 Å². The maximum atomic E-state index is 11.7. The molecule has 2 rings (SSSR count). The van der Waals surface area contributed by atoms with Crippen LogP contribution < -0.4 is 0 Å². The molecular weight excluding hydrogens is 198 g/mol. The van der Waals surface area contributed by atoms with E-state index in [1.54, 1.807) is 0 Å². The zero-order valence-corrected chi connectivity index (χ0v) is 8.05. The zero-order valence-electron chi connectivity index (χ0n) is 8.05. The number of rotatable bonds is 2. The lowest BCUT2D eigenvalue weighted by molar-refractivity contribution is -0.149. The van der Waals surface area contributed by atoms with E-state index in [-0.39, 0.29) is 23.7 Å². The first-order valence-corrected chi connectivity index (χ1v) is 4.83. The third kappa shape index (κ3) is 1.54. The number of carboxylic acid groups (broad SMARTS) is 1. The molecule has 1 saturated heterocycles. The van der Waals surface area contributed by atoms with Crippen molar-refractivity contribution in [3.63, 3.8) is 0 Å². The Balaban J connectivity index is 2.20. The van der Waals surface area contributed by atoms with Crippen LogP contribution in [0.2, 0.25) is 0 Å². The van der Waals surface area contributed by atoms with E-state index in [4.69, 9.17) is 5.11 Å². The van der Waals surface area contributed by atoms with Crippen LogP contribution in [0.25, 0.3) is 0 Å². The summed E-state index contributed by atoms with van der Waals surface area (Å²) >= 11 is 0. The number of hydrogen-bond donors (Lipinski definition) is 1. The summed E-state index contributed by atoms with van der Waals surface area (Å²) < 4.78 is 0. The van der Waals surface area contributed by atoms with Gasteiger partial charge in [0.1, 0.15) is 6.54 Å². The second-order valence-electron chi connectivity index (χ2n) is 3.81. The molecule has 0 aromatic heterocycles. The van der Waals surface area contributed by atoms with Crippen molar-refractivity contribution in [1.29, 1.82) is 0 Å². The molecule has 2 unspecified atom stereocenters. The number of carbonyl (C=O) groups is 3. The predicted molar refractivity (Wildman–Crippen MR) is 49.7 cm³/mol. The lowest BCUT2D eigenvalue weighted by Crippen LogP contribution is -2.35. The summed E-state index contributed by atoms with van der Waals surface area (Å²) in [4.78, 5) is 34.7. The highest BCUT2D eigenvalue weighted by molar-refractivity contribution is 6.07. The van der Waals surface area contributed by atoms with Crippen LogP contribution >= 0.6 is 0 Å². The van der Waals surface area contributed by atoms with Crippen LogP contribution in [0.1, 0.15) is 12.8 Å². The molecule has 0 aromatic carbocycles. The van der Waals surface area contributed by atoms with Gasteiger partial charge in [-0.25, -0.2) is 0 Å². The van der Waals surface area contributed by atoms with Crippen LogP contribution in [-0.4, -0.2) is 34.3 Å². The van der Waals surface area contributed by atoms with E-state index in [2.05, 4.69) is 0 Å². The SMILES string of the molecule is O=C(O)CN1C(=O)C2CC=CCC2C1=O. The van der Waals surface area contributed by atoms with Crippen LogP contribution in [0.15, 0.2) is 12.2 Å². The molecule has 0 radical (unpaired) electrons. The summed E-state index contributed by atoms with van der Waals surface area (Å²) in [6.45, 7) is -0.509.